The molecular weight excluding hydrogens is 354 g/mol. The summed E-state index contributed by atoms with van der Waals surface area (Å²) in [6.07, 6.45) is 0. The summed E-state index contributed by atoms with van der Waals surface area (Å²) < 4.78 is 26.4. The molecule has 0 radical (unpaired) electrons. The van der Waals surface area contributed by atoms with E-state index in [0.29, 0.717) is 17.4 Å². The van der Waals surface area contributed by atoms with E-state index < -0.39 is 17.5 Å². The second-order valence-electron chi connectivity index (χ2n) is 4.76. The third-order valence-electron chi connectivity index (χ3n) is 2.85. The van der Waals surface area contributed by atoms with Gasteiger partial charge in [-0.25, -0.2) is 13.8 Å². The molecule has 130 valence electrons. The highest BCUT2D eigenvalue weighted by Gasteiger charge is 2.15. The molecule has 0 unspecified atom stereocenters. The third kappa shape index (κ3) is 4.88. The van der Waals surface area contributed by atoms with Crippen molar-refractivity contribution in [1.29, 1.82) is 0 Å². The molecule has 0 aromatic heterocycles. The average molecular weight is 367 g/mol. The van der Waals surface area contributed by atoms with E-state index in [2.05, 4.69) is 15.3 Å². The molecule has 7 N–H and O–H groups in total. The Kier molecular flexibility index (Phi) is 5.50. The second-order valence-corrected chi connectivity index (χ2v) is 5.16. The normalized spacial score (nSPS) is 11.1. The van der Waals surface area contributed by atoms with E-state index in [1.807, 2.05) is 0 Å². The summed E-state index contributed by atoms with van der Waals surface area (Å²) in [5.74, 6) is -3.47. The van der Waals surface area contributed by atoms with Crippen molar-refractivity contribution in [3.05, 3.63) is 58.6 Å². The van der Waals surface area contributed by atoms with Gasteiger partial charge < -0.3 is 22.5 Å². The zero-order valence-corrected chi connectivity index (χ0v) is 13.4. The van der Waals surface area contributed by atoms with E-state index in [0.717, 1.165) is 6.07 Å². The van der Waals surface area contributed by atoms with E-state index in [1.54, 1.807) is 18.2 Å². The number of amides is 1. The number of carbonyl (C=O) groups excluding carboxylic acids is 1. The Hall–Kier alpha value is -3.20. The molecule has 10 heteroatoms. The van der Waals surface area contributed by atoms with Gasteiger partial charge in [0.05, 0.1) is 16.3 Å². The van der Waals surface area contributed by atoms with Crippen molar-refractivity contribution in [2.45, 2.75) is 0 Å². The highest BCUT2D eigenvalue weighted by Crippen LogP contribution is 2.23. The number of nitrogens with two attached hydrogens (primary N) is 3. The Morgan fingerprint density at radius 2 is 1.76 bits per heavy atom. The number of halogens is 3. The van der Waals surface area contributed by atoms with E-state index in [-0.39, 0.29) is 22.5 Å². The first-order valence-corrected chi connectivity index (χ1v) is 7.14. The topological polar surface area (TPSA) is 132 Å². The molecule has 0 saturated heterocycles. The number of anilines is 1. The van der Waals surface area contributed by atoms with Crippen LogP contribution in [0.25, 0.3) is 0 Å². The Morgan fingerprint density at radius 1 is 1.08 bits per heavy atom. The van der Waals surface area contributed by atoms with Gasteiger partial charge in [-0.1, -0.05) is 17.7 Å². The van der Waals surface area contributed by atoms with Crippen LogP contribution in [-0.2, 0) is 0 Å². The first-order valence-electron chi connectivity index (χ1n) is 6.76. The van der Waals surface area contributed by atoms with Crippen molar-refractivity contribution in [3.63, 3.8) is 0 Å². The van der Waals surface area contributed by atoms with Gasteiger partial charge in [0, 0.05) is 5.69 Å². The van der Waals surface area contributed by atoms with Gasteiger partial charge >= 0.3 is 0 Å². The summed E-state index contributed by atoms with van der Waals surface area (Å²) >= 11 is 5.77. The summed E-state index contributed by atoms with van der Waals surface area (Å²) in [5.41, 5.74) is 16.4. The molecule has 25 heavy (non-hydrogen) atoms. The molecule has 2 rings (SSSR count). The van der Waals surface area contributed by atoms with Gasteiger partial charge in [0.15, 0.2) is 17.6 Å². The van der Waals surface area contributed by atoms with Gasteiger partial charge in [-0.05, 0) is 30.3 Å². The highest BCUT2D eigenvalue weighted by atomic mass is 35.5. The Bertz CT molecular complexity index is 880. The number of benzene rings is 2. The fraction of sp³-hybridized carbons (Fsp3) is 0. The van der Waals surface area contributed by atoms with Crippen LogP contribution in [0.2, 0.25) is 5.02 Å². The van der Waals surface area contributed by atoms with Crippen LogP contribution >= 0.6 is 11.6 Å². The number of carbonyl (C=O) groups is 1. The van der Waals surface area contributed by atoms with E-state index in [1.165, 1.54) is 6.07 Å². The largest absolute Gasteiger partial charge is 0.370 e. The lowest BCUT2D eigenvalue weighted by molar-refractivity contribution is 0.102. The number of guanidine groups is 2. The first kappa shape index (κ1) is 18.1. The Balaban J connectivity index is 2.24. The van der Waals surface area contributed by atoms with Crippen molar-refractivity contribution < 1.29 is 13.6 Å². The highest BCUT2D eigenvalue weighted by molar-refractivity contribution is 6.34. The third-order valence-corrected chi connectivity index (χ3v) is 3.16. The zero-order chi connectivity index (χ0) is 18.6. The first-order chi connectivity index (χ1) is 11.8. The van der Waals surface area contributed by atoms with Crippen molar-refractivity contribution >= 4 is 40.8 Å². The molecule has 0 atom stereocenters. The standard InChI is InChI=1S/C15H13ClF2N6O/c16-10-6-12(18)11(17)5-9(10)13(25)22-7-2-1-3-8(4-7)23-15(21)24-14(19)20/h1-6H,(H,22,25)(H6,19,20,21,23,24). The number of hydrogen-bond acceptors (Lipinski definition) is 2. The summed E-state index contributed by atoms with van der Waals surface area (Å²) in [7, 11) is 0. The van der Waals surface area contributed by atoms with E-state index >= 15 is 0 Å². The number of hydrogen-bond donors (Lipinski definition) is 4. The lowest BCUT2D eigenvalue weighted by atomic mass is 10.2. The fourth-order valence-electron chi connectivity index (χ4n) is 1.84. The molecule has 0 heterocycles. The molecule has 7 nitrogen and oxygen atoms in total. The minimum Gasteiger partial charge on any atom is -0.370 e. The zero-order valence-electron chi connectivity index (χ0n) is 12.6. The number of aliphatic imine (C=N–C) groups is 2. The van der Waals surface area contributed by atoms with Gasteiger partial charge in [0.2, 0.25) is 5.96 Å². The van der Waals surface area contributed by atoms with Crippen LogP contribution in [0.4, 0.5) is 20.2 Å². The van der Waals surface area contributed by atoms with E-state index in [9.17, 15) is 13.6 Å². The van der Waals surface area contributed by atoms with Crippen LogP contribution in [0.1, 0.15) is 10.4 Å². The molecule has 0 saturated carbocycles. The summed E-state index contributed by atoms with van der Waals surface area (Å²) in [5, 5.41) is 2.27. The molecule has 0 spiro atoms. The minimum absolute atomic E-state index is 0.174. The number of rotatable bonds is 3. The van der Waals surface area contributed by atoms with Gasteiger partial charge in [-0.3, -0.25) is 4.79 Å². The maximum absolute atomic E-state index is 13.3. The lowest BCUT2D eigenvalue weighted by Crippen LogP contribution is -2.26. The van der Waals surface area contributed by atoms with Crippen LogP contribution in [0.3, 0.4) is 0 Å². The molecule has 2 aromatic carbocycles. The van der Waals surface area contributed by atoms with Crippen LogP contribution in [0.15, 0.2) is 46.4 Å². The van der Waals surface area contributed by atoms with Crippen LogP contribution in [0, 0.1) is 11.6 Å². The number of nitrogens with zero attached hydrogens (tertiary/aromatic N) is 2. The van der Waals surface area contributed by atoms with Crippen molar-refractivity contribution in [2.75, 3.05) is 5.32 Å². The molecule has 0 aliphatic rings. The maximum Gasteiger partial charge on any atom is 0.257 e. The van der Waals surface area contributed by atoms with E-state index in [4.69, 9.17) is 28.8 Å². The van der Waals surface area contributed by atoms with Crippen LogP contribution in [-0.4, -0.2) is 17.8 Å². The summed E-state index contributed by atoms with van der Waals surface area (Å²) in [4.78, 5) is 19.7. The van der Waals surface area contributed by atoms with Crippen LogP contribution < -0.4 is 22.5 Å². The fourth-order valence-corrected chi connectivity index (χ4v) is 2.07. The number of nitrogens with one attached hydrogen (secondary N) is 1. The molecule has 0 fully saturated rings. The average Bonchev–Trinajstić information content (AvgIpc) is 2.50. The molecule has 0 aliphatic heterocycles. The molecular formula is C15H13ClF2N6O. The van der Waals surface area contributed by atoms with Gasteiger partial charge in [0.25, 0.3) is 5.91 Å². The lowest BCUT2D eigenvalue weighted by Gasteiger charge is -2.08. The Morgan fingerprint density at radius 3 is 2.44 bits per heavy atom. The molecule has 0 bridgehead atoms. The predicted molar refractivity (Wildman–Crippen MR) is 92.9 cm³/mol. The second kappa shape index (κ2) is 7.58. The van der Waals surface area contributed by atoms with Gasteiger partial charge in [-0.15, -0.1) is 0 Å². The SMILES string of the molecule is NC(N)=NC(N)=Nc1cccc(NC(=O)c2cc(F)c(F)cc2Cl)c1. The van der Waals surface area contributed by atoms with Crippen LogP contribution in [0.5, 0.6) is 0 Å². The van der Waals surface area contributed by atoms with Crippen molar-refractivity contribution in [2.24, 2.45) is 27.2 Å². The van der Waals surface area contributed by atoms with Gasteiger partial charge in [0.1, 0.15) is 0 Å². The molecule has 1 amide bonds. The molecule has 2 aromatic rings. The summed E-state index contributed by atoms with van der Waals surface area (Å²) in [6.45, 7) is 0. The van der Waals surface area contributed by atoms with Crippen molar-refractivity contribution in [3.8, 4) is 0 Å². The maximum atomic E-state index is 13.3. The quantitative estimate of drug-likeness (QED) is 0.376. The smallest absolute Gasteiger partial charge is 0.257 e. The summed E-state index contributed by atoms with van der Waals surface area (Å²) in [6, 6.07) is 7.65. The van der Waals surface area contributed by atoms with Crippen molar-refractivity contribution in [1.82, 2.24) is 0 Å². The monoisotopic (exact) mass is 366 g/mol. The predicted octanol–water partition coefficient (Wildman–Crippen LogP) is 2.09. The van der Waals surface area contributed by atoms with Gasteiger partial charge in [-0.2, -0.15) is 4.99 Å². The molecule has 0 aliphatic carbocycles. The Labute approximate surface area is 146 Å². The minimum atomic E-state index is -1.18.